The van der Waals surface area contributed by atoms with Crippen LogP contribution in [0.15, 0.2) is 47.5 Å². The van der Waals surface area contributed by atoms with Gasteiger partial charge in [-0.3, -0.25) is 4.79 Å². The summed E-state index contributed by atoms with van der Waals surface area (Å²) in [4.78, 5) is 15.3. The van der Waals surface area contributed by atoms with Crippen molar-refractivity contribution < 1.29 is 13.2 Å². The second-order valence-corrected chi connectivity index (χ2v) is 9.81. The number of hydrogen-bond donors (Lipinski definition) is 0. The number of aryl methyl sites for hydroxylation is 2. The van der Waals surface area contributed by atoms with E-state index in [2.05, 4.69) is 0 Å². The van der Waals surface area contributed by atoms with Gasteiger partial charge in [-0.25, -0.2) is 8.42 Å². The first-order chi connectivity index (χ1) is 13.8. The van der Waals surface area contributed by atoms with Crippen molar-refractivity contribution in [2.75, 3.05) is 13.1 Å². The Morgan fingerprint density at radius 3 is 2.41 bits per heavy atom. The monoisotopic (exact) mass is 417 g/mol. The van der Waals surface area contributed by atoms with Gasteiger partial charge in [0.2, 0.25) is 15.9 Å². The standard InChI is InChI=1S/C22H31N3O3S/c1-4-5-15-24(29(27,28)21-12-8-18(2)9-13-21)17-22(26)25(19-10-11-19)16-20-7-6-14-23(20)3/h6-9,12-14,19H,4-5,10-11,15-17H2,1-3H3. The van der Waals surface area contributed by atoms with Gasteiger partial charge >= 0.3 is 0 Å². The number of hydrogen-bond acceptors (Lipinski definition) is 3. The number of benzene rings is 1. The van der Waals surface area contributed by atoms with E-state index in [9.17, 15) is 13.2 Å². The predicted octanol–water partition coefficient (Wildman–Crippen LogP) is 3.32. The molecule has 0 N–H and O–H groups in total. The molecule has 0 unspecified atom stereocenters. The second-order valence-electron chi connectivity index (χ2n) is 7.87. The van der Waals surface area contributed by atoms with E-state index in [4.69, 9.17) is 0 Å². The molecule has 0 bridgehead atoms. The summed E-state index contributed by atoms with van der Waals surface area (Å²) < 4.78 is 29.8. The van der Waals surface area contributed by atoms with Crippen molar-refractivity contribution >= 4 is 15.9 Å². The normalized spacial score (nSPS) is 14.3. The molecule has 29 heavy (non-hydrogen) atoms. The Kier molecular flexibility index (Phi) is 6.80. The SMILES string of the molecule is CCCCN(CC(=O)N(Cc1cccn1C)C1CC1)S(=O)(=O)c1ccc(C)cc1. The maximum atomic E-state index is 13.2. The maximum absolute atomic E-state index is 13.2. The summed E-state index contributed by atoms with van der Waals surface area (Å²) >= 11 is 0. The smallest absolute Gasteiger partial charge is 0.243 e. The average Bonchev–Trinajstić information content (AvgIpc) is 3.45. The molecular formula is C22H31N3O3S. The zero-order valence-electron chi connectivity index (χ0n) is 17.5. The van der Waals surface area contributed by atoms with Gasteiger partial charge in [0, 0.05) is 31.5 Å². The molecule has 1 saturated carbocycles. The van der Waals surface area contributed by atoms with E-state index in [1.54, 1.807) is 24.3 Å². The Balaban J connectivity index is 1.80. The molecule has 1 aliphatic rings. The van der Waals surface area contributed by atoms with Gasteiger partial charge in [0.15, 0.2) is 0 Å². The number of carbonyl (C=O) groups is 1. The minimum Gasteiger partial charge on any atom is -0.353 e. The van der Waals surface area contributed by atoms with Crippen LogP contribution in [0.25, 0.3) is 0 Å². The third-order valence-electron chi connectivity index (χ3n) is 5.42. The topological polar surface area (TPSA) is 62.6 Å². The van der Waals surface area contributed by atoms with Gasteiger partial charge in [0.25, 0.3) is 0 Å². The lowest BCUT2D eigenvalue weighted by Crippen LogP contribution is -2.44. The lowest BCUT2D eigenvalue weighted by molar-refractivity contribution is -0.132. The van der Waals surface area contributed by atoms with Gasteiger partial charge in [0.05, 0.1) is 18.0 Å². The van der Waals surface area contributed by atoms with E-state index >= 15 is 0 Å². The van der Waals surface area contributed by atoms with E-state index in [1.165, 1.54) is 4.31 Å². The highest BCUT2D eigenvalue weighted by molar-refractivity contribution is 7.89. The van der Waals surface area contributed by atoms with Gasteiger partial charge in [0.1, 0.15) is 0 Å². The van der Waals surface area contributed by atoms with E-state index in [0.717, 1.165) is 36.9 Å². The van der Waals surface area contributed by atoms with Crippen LogP contribution >= 0.6 is 0 Å². The fourth-order valence-corrected chi connectivity index (χ4v) is 4.79. The van der Waals surface area contributed by atoms with Crippen LogP contribution in [0.3, 0.4) is 0 Å². The minimum atomic E-state index is -3.71. The van der Waals surface area contributed by atoms with E-state index in [-0.39, 0.29) is 23.4 Å². The van der Waals surface area contributed by atoms with Gasteiger partial charge < -0.3 is 9.47 Å². The fourth-order valence-electron chi connectivity index (χ4n) is 3.36. The maximum Gasteiger partial charge on any atom is 0.243 e. The molecule has 0 spiro atoms. The Bertz CT molecular complexity index is 930. The second kappa shape index (κ2) is 9.13. The molecule has 0 aliphatic heterocycles. The van der Waals surface area contributed by atoms with Gasteiger partial charge in [-0.05, 0) is 50.5 Å². The van der Waals surface area contributed by atoms with Crippen molar-refractivity contribution in [1.82, 2.24) is 13.8 Å². The van der Waals surface area contributed by atoms with Crippen LogP contribution in [0.2, 0.25) is 0 Å². The third kappa shape index (κ3) is 5.28. The van der Waals surface area contributed by atoms with Crippen molar-refractivity contribution in [2.24, 2.45) is 7.05 Å². The molecule has 0 saturated heterocycles. The van der Waals surface area contributed by atoms with Crippen molar-refractivity contribution in [1.29, 1.82) is 0 Å². The van der Waals surface area contributed by atoms with Crippen molar-refractivity contribution in [2.45, 2.75) is 57.0 Å². The van der Waals surface area contributed by atoms with Gasteiger partial charge in [-0.2, -0.15) is 4.31 Å². The first kappa shape index (κ1) is 21.6. The molecule has 2 aromatic rings. The van der Waals surface area contributed by atoms with E-state index in [1.807, 2.05) is 48.7 Å². The molecule has 6 nitrogen and oxygen atoms in total. The number of nitrogens with zero attached hydrogens (tertiary/aromatic N) is 3. The lowest BCUT2D eigenvalue weighted by atomic mass is 10.2. The van der Waals surface area contributed by atoms with Crippen LogP contribution < -0.4 is 0 Å². The number of amides is 1. The number of sulfonamides is 1. The summed E-state index contributed by atoms with van der Waals surface area (Å²) in [5, 5.41) is 0. The van der Waals surface area contributed by atoms with Gasteiger partial charge in [-0.1, -0.05) is 31.0 Å². The van der Waals surface area contributed by atoms with Crippen LogP contribution in [-0.4, -0.2) is 47.2 Å². The van der Waals surface area contributed by atoms with Crippen molar-refractivity contribution in [3.05, 3.63) is 53.9 Å². The highest BCUT2D eigenvalue weighted by atomic mass is 32.2. The number of unbranched alkanes of at least 4 members (excludes halogenated alkanes) is 1. The molecule has 0 atom stereocenters. The number of aromatic nitrogens is 1. The molecule has 158 valence electrons. The Labute approximate surface area is 174 Å². The third-order valence-corrected chi connectivity index (χ3v) is 7.28. The minimum absolute atomic E-state index is 0.114. The zero-order chi connectivity index (χ0) is 21.0. The molecule has 1 aromatic carbocycles. The molecular weight excluding hydrogens is 386 g/mol. The molecule has 0 radical (unpaired) electrons. The van der Waals surface area contributed by atoms with Crippen molar-refractivity contribution in [3.63, 3.8) is 0 Å². The number of rotatable bonds is 10. The first-order valence-electron chi connectivity index (χ1n) is 10.3. The molecule has 1 fully saturated rings. The number of carbonyl (C=O) groups excluding carboxylic acids is 1. The van der Waals surface area contributed by atoms with E-state index < -0.39 is 10.0 Å². The summed E-state index contributed by atoms with van der Waals surface area (Å²) in [6.45, 7) is 4.69. The van der Waals surface area contributed by atoms with Crippen LogP contribution in [0.4, 0.5) is 0 Å². The summed E-state index contributed by atoms with van der Waals surface area (Å²) in [7, 11) is -1.75. The molecule has 1 aliphatic carbocycles. The molecule has 1 aromatic heterocycles. The largest absolute Gasteiger partial charge is 0.353 e. The summed E-state index contributed by atoms with van der Waals surface area (Å²) in [6, 6.07) is 11.0. The molecule has 7 heteroatoms. The van der Waals surface area contributed by atoms with Crippen LogP contribution in [0, 0.1) is 6.92 Å². The van der Waals surface area contributed by atoms with E-state index in [0.29, 0.717) is 13.1 Å². The van der Waals surface area contributed by atoms with Crippen LogP contribution in [0.1, 0.15) is 43.9 Å². The summed E-state index contributed by atoms with van der Waals surface area (Å²) in [5.74, 6) is -0.125. The average molecular weight is 418 g/mol. The lowest BCUT2D eigenvalue weighted by Gasteiger charge is -2.27. The molecule has 3 rings (SSSR count). The highest BCUT2D eigenvalue weighted by Crippen LogP contribution is 2.29. The Morgan fingerprint density at radius 1 is 1.17 bits per heavy atom. The van der Waals surface area contributed by atoms with Gasteiger partial charge in [-0.15, -0.1) is 0 Å². The fraction of sp³-hybridized carbons (Fsp3) is 0.500. The molecule has 1 amide bonds. The van der Waals surface area contributed by atoms with Crippen LogP contribution in [-0.2, 0) is 28.4 Å². The first-order valence-corrected chi connectivity index (χ1v) is 11.7. The Morgan fingerprint density at radius 2 is 1.86 bits per heavy atom. The highest BCUT2D eigenvalue weighted by Gasteiger charge is 2.35. The Hall–Kier alpha value is -2.12. The zero-order valence-corrected chi connectivity index (χ0v) is 18.4. The summed E-state index contributed by atoms with van der Waals surface area (Å²) in [5.41, 5.74) is 2.05. The molecule has 1 heterocycles. The van der Waals surface area contributed by atoms with Crippen molar-refractivity contribution in [3.8, 4) is 0 Å². The quantitative estimate of drug-likeness (QED) is 0.596. The predicted molar refractivity (Wildman–Crippen MR) is 114 cm³/mol. The van der Waals surface area contributed by atoms with Crippen LogP contribution in [0.5, 0.6) is 0 Å². The summed E-state index contributed by atoms with van der Waals surface area (Å²) in [6.07, 6.45) is 5.51.